The van der Waals surface area contributed by atoms with Crippen LogP contribution in [0, 0.1) is 5.92 Å². The van der Waals surface area contributed by atoms with Crippen LogP contribution in [0.3, 0.4) is 0 Å². The van der Waals surface area contributed by atoms with E-state index in [2.05, 4.69) is 6.92 Å². The topological polar surface area (TPSA) is 72.8 Å². The normalized spacial score (nSPS) is 14.3. The number of esters is 2. The molecule has 0 aliphatic carbocycles. The van der Waals surface area contributed by atoms with E-state index in [1.165, 1.54) is 57.3 Å². The third-order valence-electron chi connectivity index (χ3n) is 4.85. The van der Waals surface area contributed by atoms with Crippen molar-refractivity contribution in [1.29, 1.82) is 0 Å². The van der Waals surface area contributed by atoms with Crippen LogP contribution in [0.15, 0.2) is 17.5 Å². The number of aliphatic hydroxyl groups excluding tert-OH is 1. The Kier molecular flexibility index (Phi) is 12.8. The second kappa shape index (κ2) is 14.6. The maximum Gasteiger partial charge on any atom is 0.303 e. The van der Waals surface area contributed by atoms with Gasteiger partial charge in [-0.2, -0.15) is 0 Å². The molecule has 0 radical (unpaired) electrons. The Morgan fingerprint density at radius 3 is 2.18 bits per heavy atom. The molecule has 1 rings (SSSR count). The highest BCUT2D eigenvalue weighted by molar-refractivity contribution is 7.10. The Balaban J connectivity index is 2.81. The Morgan fingerprint density at radius 1 is 1.00 bits per heavy atom. The number of hydrogen-bond acceptors (Lipinski definition) is 6. The van der Waals surface area contributed by atoms with E-state index < -0.39 is 6.10 Å². The van der Waals surface area contributed by atoms with Crippen molar-refractivity contribution in [3.63, 3.8) is 0 Å². The average molecular weight is 413 g/mol. The largest absolute Gasteiger partial charge is 0.462 e. The smallest absolute Gasteiger partial charge is 0.303 e. The van der Waals surface area contributed by atoms with Crippen molar-refractivity contribution in [1.82, 2.24) is 0 Å². The van der Waals surface area contributed by atoms with E-state index >= 15 is 0 Å². The molecule has 0 unspecified atom stereocenters. The number of unbranched alkanes of at least 4 members (excludes halogenated alkanes) is 6. The van der Waals surface area contributed by atoms with Gasteiger partial charge in [0, 0.05) is 31.2 Å². The summed E-state index contributed by atoms with van der Waals surface area (Å²) in [7, 11) is 0. The summed E-state index contributed by atoms with van der Waals surface area (Å²) in [5.41, 5.74) is 0. The van der Waals surface area contributed by atoms with E-state index in [0.29, 0.717) is 12.8 Å². The Bertz CT molecular complexity index is 543. The lowest BCUT2D eigenvalue weighted by Gasteiger charge is -2.32. The van der Waals surface area contributed by atoms with Crippen LogP contribution in [-0.2, 0) is 19.1 Å². The lowest BCUT2D eigenvalue weighted by molar-refractivity contribution is -0.161. The first-order valence-electron chi connectivity index (χ1n) is 10.5. The molecule has 0 saturated carbocycles. The number of ether oxygens (including phenoxy) is 2. The molecule has 1 N–H and O–H groups in total. The molecule has 0 saturated heterocycles. The summed E-state index contributed by atoms with van der Waals surface area (Å²) in [5, 5.41) is 11.5. The third-order valence-corrected chi connectivity index (χ3v) is 5.79. The molecular weight excluding hydrogens is 376 g/mol. The highest BCUT2D eigenvalue weighted by Crippen LogP contribution is 2.36. The number of carbonyl (C=O) groups excluding carboxylic acids is 2. The molecule has 0 fully saturated rings. The SMILES string of the molecule is CCCCCCCCC[C@@H](OC(C)=O)[C@@H](CCO)[C@@H](OC(C)=O)c1cccs1. The fourth-order valence-electron chi connectivity index (χ4n) is 3.55. The summed E-state index contributed by atoms with van der Waals surface area (Å²) in [6.45, 7) is 4.94. The van der Waals surface area contributed by atoms with Crippen molar-refractivity contribution >= 4 is 23.3 Å². The highest BCUT2D eigenvalue weighted by Gasteiger charge is 2.35. The molecule has 6 heteroatoms. The van der Waals surface area contributed by atoms with Gasteiger partial charge in [0.25, 0.3) is 0 Å². The van der Waals surface area contributed by atoms with Crippen molar-refractivity contribution in [3.05, 3.63) is 22.4 Å². The van der Waals surface area contributed by atoms with Gasteiger partial charge in [-0.25, -0.2) is 0 Å². The minimum Gasteiger partial charge on any atom is -0.462 e. The van der Waals surface area contributed by atoms with Gasteiger partial charge in [-0.15, -0.1) is 11.3 Å². The maximum absolute atomic E-state index is 11.7. The lowest BCUT2D eigenvalue weighted by Crippen LogP contribution is -2.33. The first-order valence-corrected chi connectivity index (χ1v) is 11.4. The van der Waals surface area contributed by atoms with E-state index in [0.717, 1.165) is 17.7 Å². The van der Waals surface area contributed by atoms with Gasteiger partial charge in [0.05, 0.1) is 0 Å². The van der Waals surface area contributed by atoms with Crippen LogP contribution in [0.1, 0.15) is 89.5 Å². The highest BCUT2D eigenvalue weighted by atomic mass is 32.1. The number of hydrogen-bond donors (Lipinski definition) is 1. The molecule has 0 aliphatic heterocycles. The Labute approximate surface area is 173 Å². The second-order valence-electron chi connectivity index (χ2n) is 7.28. The summed E-state index contributed by atoms with van der Waals surface area (Å²) in [4.78, 5) is 24.3. The van der Waals surface area contributed by atoms with Crippen LogP contribution in [0.5, 0.6) is 0 Å². The zero-order chi connectivity index (χ0) is 20.8. The van der Waals surface area contributed by atoms with Gasteiger partial charge >= 0.3 is 11.9 Å². The molecule has 28 heavy (non-hydrogen) atoms. The maximum atomic E-state index is 11.7. The second-order valence-corrected chi connectivity index (χ2v) is 8.26. The van der Waals surface area contributed by atoms with Crippen molar-refractivity contribution in [2.45, 2.75) is 90.8 Å². The van der Waals surface area contributed by atoms with Crippen LogP contribution < -0.4 is 0 Å². The minimum atomic E-state index is -0.515. The molecule has 3 atom stereocenters. The van der Waals surface area contributed by atoms with Crippen molar-refractivity contribution < 1.29 is 24.2 Å². The number of aliphatic hydroxyl groups is 1. The van der Waals surface area contributed by atoms with E-state index in [-0.39, 0.29) is 30.6 Å². The average Bonchev–Trinajstić information content (AvgIpc) is 3.17. The van der Waals surface area contributed by atoms with Gasteiger partial charge in [0.2, 0.25) is 0 Å². The number of rotatable bonds is 15. The summed E-state index contributed by atoms with van der Waals surface area (Å²) in [6.07, 6.45) is 8.44. The minimum absolute atomic E-state index is 0.0530. The first-order chi connectivity index (χ1) is 13.5. The van der Waals surface area contributed by atoms with Gasteiger partial charge in [-0.05, 0) is 30.7 Å². The van der Waals surface area contributed by atoms with Gasteiger partial charge in [0.1, 0.15) is 12.2 Å². The van der Waals surface area contributed by atoms with Gasteiger partial charge < -0.3 is 14.6 Å². The zero-order valence-electron chi connectivity index (χ0n) is 17.5. The summed E-state index contributed by atoms with van der Waals surface area (Å²) in [6, 6.07) is 3.82. The van der Waals surface area contributed by atoms with Crippen LogP contribution in [0.2, 0.25) is 0 Å². The summed E-state index contributed by atoms with van der Waals surface area (Å²) in [5.74, 6) is -0.987. The zero-order valence-corrected chi connectivity index (χ0v) is 18.3. The Morgan fingerprint density at radius 2 is 1.64 bits per heavy atom. The third kappa shape index (κ3) is 9.69. The van der Waals surface area contributed by atoms with E-state index in [9.17, 15) is 14.7 Å². The summed E-state index contributed by atoms with van der Waals surface area (Å²) < 4.78 is 11.2. The predicted octanol–water partition coefficient (Wildman–Crippen LogP) is 5.42. The monoisotopic (exact) mass is 412 g/mol. The molecule has 0 aliphatic rings. The fraction of sp³-hybridized carbons (Fsp3) is 0.727. The number of carbonyl (C=O) groups is 2. The van der Waals surface area contributed by atoms with Crippen LogP contribution in [0.4, 0.5) is 0 Å². The Hall–Kier alpha value is -1.40. The lowest BCUT2D eigenvalue weighted by atomic mass is 9.88. The molecule has 0 bridgehead atoms. The van der Waals surface area contributed by atoms with Crippen LogP contribution in [-0.4, -0.2) is 29.8 Å². The molecule has 1 heterocycles. The van der Waals surface area contributed by atoms with Crippen LogP contribution >= 0.6 is 11.3 Å². The molecular formula is C22H36O5S. The standard InChI is InChI=1S/C22H36O5S/c1-4-5-6-7-8-9-10-12-20(26-17(2)24)19(14-15-23)22(27-18(3)25)21-13-11-16-28-21/h11,13,16,19-20,22-23H,4-10,12,14-15H2,1-3H3/t19-,20-,22-/m1/s1. The van der Waals surface area contributed by atoms with E-state index in [4.69, 9.17) is 9.47 Å². The van der Waals surface area contributed by atoms with Crippen molar-refractivity contribution in [2.24, 2.45) is 5.92 Å². The molecule has 0 amide bonds. The predicted molar refractivity (Wildman–Crippen MR) is 112 cm³/mol. The van der Waals surface area contributed by atoms with E-state index in [1.807, 2.05) is 17.5 Å². The van der Waals surface area contributed by atoms with Gasteiger partial charge in [-0.3, -0.25) is 9.59 Å². The fourth-order valence-corrected chi connectivity index (χ4v) is 4.37. The molecule has 160 valence electrons. The van der Waals surface area contributed by atoms with Gasteiger partial charge in [-0.1, -0.05) is 51.5 Å². The summed E-state index contributed by atoms with van der Waals surface area (Å²) >= 11 is 1.50. The molecule has 0 aromatic carbocycles. The van der Waals surface area contributed by atoms with E-state index in [1.54, 1.807) is 0 Å². The van der Waals surface area contributed by atoms with Crippen molar-refractivity contribution in [3.8, 4) is 0 Å². The molecule has 1 aromatic heterocycles. The molecule has 0 spiro atoms. The van der Waals surface area contributed by atoms with Crippen molar-refractivity contribution in [2.75, 3.05) is 6.61 Å². The van der Waals surface area contributed by atoms with Gasteiger partial charge in [0.15, 0.2) is 0 Å². The first kappa shape index (κ1) is 24.6. The quantitative estimate of drug-likeness (QED) is 0.307. The molecule has 5 nitrogen and oxygen atoms in total. The number of thiophene rings is 1. The van der Waals surface area contributed by atoms with Crippen LogP contribution in [0.25, 0.3) is 0 Å². The molecule has 1 aromatic rings.